The van der Waals surface area contributed by atoms with Gasteiger partial charge in [0.15, 0.2) is 0 Å². The Hall–Kier alpha value is -0.930. The molecule has 0 spiro atoms. The highest BCUT2D eigenvalue weighted by Crippen LogP contribution is 2.30. The summed E-state index contributed by atoms with van der Waals surface area (Å²) in [6, 6.07) is 6.68. The fraction of sp³-hybridized carbons (Fsp3) is 0.571. The Morgan fingerprint density at radius 2 is 2.12 bits per heavy atom. The largest absolute Gasteiger partial charge is 0.396 e. The van der Waals surface area contributed by atoms with Crippen molar-refractivity contribution in [3.63, 3.8) is 0 Å². The summed E-state index contributed by atoms with van der Waals surface area (Å²) in [7, 11) is 0. The molecule has 1 saturated carbocycles. The molecule has 3 heteroatoms. The van der Waals surface area contributed by atoms with E-state index in [4.69, 9.17) is 0 Å². The number of hydrogen-bond acceptors (Lipinski definition) is 2. The first-order chi connectivity index (χ1) is 8.29. The van der Waals surface area contributed by atoms with Crippen LogP contribution < -0.4 is 5.32 Å². The van der Waals surface area contributed by atoms with Gasteiger partial charge in [-0.05, 0) is 48.9 Å². The lowest BCUT2D eigenvalue weighted by molar-refractivity contribution is 0.192. The summed E-state index contributed by atoms with van der Waals surface area (Å²) >= 11 is 0. The first kappa shape index (κ1) is 12.5. The zero-order valence-electron chi connectivity index (χ0n) is 10.0. The Kier molecular flexibility index (Phi) is 4.51. The molecule has 1 aliphatic rings. The van der Waals surface area contributed by atoms with Crippen molar-refractivity contribution in [2.24, 2.45) is 11.8 Å². The zero-order valence-corrected chi connectivity index (χ0v) is 10.0. The molecule has 1 aromatic carbocycles. The van der Waals surface area contributed by atoms with Crippen molar-refractivity contribution in [2.75, 3.05) is 13.2 Å². The highest BCUT2D eigenvalue weighted by atomic mass is 19.1. The quantitative estimate of drug-likeness (QED) is 0.823. The molecule has 1 fully saturated rings. The molecule has 2 N–H and O–H groups in total. The predicted octanol–water partition coefficient (Wildman–Crippen LogP) is 2.32. The molecule has 0 bridgehead atoms. The van der Waals surface area contributed by atoms with Gasteiger partial charge < -0.3 is 10.4 Å². The van der Waals surface area contributed by atoms with E-state index in [1.807, 2.05) is 6.07 Å². The van der Waals surface area contributed by atoms with E-state index in [0.29, 0.717) is 25.0 Å². The highest BCUT2D eigenvalue weighted by molar-refractivity contribution is 5.15. The van der Waals surface area contributed by atoms with Gasteiger partial charge in [0.25, 0.3) is 0 Å². The molecule has 2 atom stereocenters. The summed E-state index contributed by atoms with van der Waals surface area (Å²) in [6.45, 7) is 1.92. The predicted molar refractivity (Wildman–Crippen MR) is 66.0 cm³/mol. The fourth-order valence-corrected chi connectivity index (χ4v) is 2.67. The molecule has 0 aliphatic heterocycles. The topological polar surface area (TPSA) is 32.3 Å². The Morgan fingerprint density at radius 1 is 1.29 bits per heavy atom. The van der Waals surface area contributed by atoms with Crippen molar-refractivity contribution in [3.05, 3.63) is 35.6 Å². The SMILES string of the molecule is OCC1CCCC1CNCc1cccc(F)c1. The first-order valence-corrected chi connectivity index (χ1v) is 6.35. The zero-order chi connectivity index (χ0) is 12.1. The lowest BCUT2D eigenvalue weighted by Gasteiger charge is -2.17. The summed E-state index contributed by atoms with van der Waals surface area (Å²) in [5, 5.41) is 12.6. The number of halogens is 1. The van der Waals surface area contributed by atoms with Crippen LogP contribution in [0.4, 0.5) is 4.39 Å². The molecule has 0 amide bonds. The number of aliphatic hydroxyl groups is 1. The van der Waals surface area contributed by atoms with Crippen LogP contribution in [-0.2, 0) is 6.54 Å². The van der Waals surface area contributed by atoms with Crippen LogP contribution in [-0.4, -0.2) is 18.3 Å². The van der Waals surface area contributed by atoms with Gasteiger partial charge in [0.05, 0.1) is 0 Å². The molecule has 0 saturated heterocycles. The third-order valence-corrected chi connectivity index (χ3v) is 3.68. The first-order valence-electron chi connectivity index (χ1n) is 6.35. The smallest absolute Gasteiger partial charge is 0.123 e. The maximum Gasteiger partial charge on any atom is 0.123 e. The van der Waals surface area contributed by atoms with Crippen molar-refractivity contribution in [1.82, 2.24) is 5.32 Å². The number of aliphatic hydroxyl groups excluding tert-OH is 1. The van der Waals surface area contributed by atoms with Crippen LogP contribution >= 0.6 is 0 Å². The van der Waals surface area contributed by atoms with E-state index < -0.39 is 0 Å². The Labute approximate surface area is 102 Å². The lowest BCUT2D eigenvalue weighted by Crippen LogP contribution is -2.26. The summed E-state index contributed by atoms with van der Waals surface area (Å²) in [4.78, 5) is 0. The molecule has 17 heavy (non-hydrogen) atoms. The number of hydrogen-bond donors (Lipinski definition) is 2. The van der Waals surface area contributed by atoms with E-state index in [-0.39, 0.29) is 5.82 Å². The van der Waals surface area contributed by atoms with Crippen molar-refractivity contribution in [2.45, 2.75) is 25.8 Å². The van der Waals surface area contributed by atoms with E-state index in [1.165, 1.54) is 18.9 Å². The van der Waals surface area contributed by atoms with Gasteiger partial charge >= 0.3 is 0 Å². The van der Waals surface area contributed by atoms with Crippen LogP contribution in [0, 0.1) is 17.7 Å². The monoisotopic (exact) mass is 237 g/mol. The van der Waals surface area contributed by atoms with Crippen LogP contribution in [0.3, 0.4) is 0 Å². The van der Waals surface area contributed by atoms with E-state index >= 15 is 0 Å². The van der Waals surface area contributed by atoms with Gasteiger partial charge in [-0.3, -0.25) is 0 Å². The van der Waals surface area contributed by atoms with Crippen LogP contribution in [0.25, 0.3) is 0 Å². The molecule has 2 unspecified atom stereocenters. The van der Waals surface area contributed by atoms with E-state index in [0.717, 1.165) is 18.5 Å². The Bertz CT molecular complexity index is 356. The average Bonchev–Trinajstić information content (AvgIpc) is 2.77. The van der Waals surface area contributed by atoms with Gasteiger partial charge in [-0.15, -0.1) is 0 Å². The van der Waals surface area contributed by atoms with Crippen molar-refractivity contribution < 1.29 is 9.50 Å². The number of benzene rings is 1. The summed E-state index contributed by atoms with van der Waals surface area (Å²) < 4.78 is 13.0. The average molecular weight is 237 g/mol. The molecular weight excluding hydrogens is 217 g/mol. The third kappa shape index (κ3) is 3.51. The summed E-state index contributed by atoms with van der Waals surface area (Å²) in [5.74, 6) is 0.849. The van der Waals surface area contributed by atoms with E-state index in [1.54, 1.807) is 12.1 Å². The van der Waals surface area contributed by atoms with Crippen molar-refractivity contribution >= 4 is 0 Å². The Morgan fingerprint density at radius 3 is 2.88 bits per heavy atom. The van der Waals surface area contributed by atoms with Crippen LogP contribution in [0.15, 0.2) is 24.3 Å². The molecule has 0 heterocycles. The second-order valence-corrected chi connectivity index (χ2v) is 4.89. The summed E-state index contributed by atoms with van der Waals surface area (Å²) in [6.07, 6.45) is 3.56. The molecule has 0 aromatic heterocycles. The molecule has 0 radical (unpaired) electrons. The second kappa shape index (κ2) is 6.12. The molecule has 2 nitrogen and oxygen atoms in total. The van der Waals surface area contributed by atoms with Crippen molar-refractivity contribution in [3.8, 4) is 0 Å². The van der Waals surface area contributed by atoms with Gasteiger partial charge in [0.1, 0.15) is 5.82 Å². The van der Waals surface area contributed by atoms with E-state index in [2.05, 4.69) is 5.32 Å². The number of rotatable bonds is 5. The fourth-order valence-electron chi connectivity index (χ4n) is 2.67. The molecule has 1 aliphatic carbocycles. The highest BCUT2D eigenvalue weighted by Gasteiger charge is 2.25. The van der Waals surface area contributed by atoms with Gasteiger partial charge in [0.2, 0.25) is 0 Å². The molecule has 1 aromatic rings. The van der Waals surface area contributed by atoms with Crippen molar-refractivity contribution in [1.29, 1.82) is 0 Å². The molecule has 94 valence electrons. The molecular formula is C14H20FNO. The van der Waals surface area contributed by atoms with Gasteiger partial charge in [-0.1, -0.05) is 18.6 Å². The second-order valence-electron chi connectivity index (χ2n) is 4.89. The standard InChI is InChI=1S/C14H20FNO/c15-14-6-1-3-11(7-14)8-16-9-12-4-2-5-13(12)10-17/h1,3,6-7,12-13,16-17H,2,4-5,8-10H2. The van der Waals surface area contributed by atoms with Gasteiger partial charge in [-0.2, -0.15) is 0 Å². The minimum absolute atomic E-state index is 0.182. The minimum Gasteiger partial charge on any atom is -0.396 e. The Balaban J connectivity index is 1.76. The lowest BCUT2D eigenvalue weighted by atomic mass is 9.97. The normalized spacial score (nSPS) is 24.1. The maximum atomic E-state index is 13.0. The van der Waals surface area contributed by atoms with E-state index in [9.17, 15) is 9.50 Å². The van der Waals surface area contributed by atoms with Crippen LogP contribution in [0.2, 0.25) is 0 Å². The third-order valence-electron chi connectivity index (χ3n) is 3.68. The van der Waals surface area contributed by atoms with Crippen LogP contribution in [0.5, 0.6) is 0 Å². The molecule has 2 rings (SSSR count). The van der Waals surface area contributed by atoms with Crippen LogP contribution in [0.1, 0.15) is 24.8 Å². The van der Waals surface area contributed by atoms with Gasteiger partial charge in [0, 0.05) is 13.2 Å². The van der Waals surface area contributed by atoms with Gasteiger partial charge in [-0.25, -0.2) is 4.39 Å². The number of nitrogens with one attached hydrogen (secondary N) is 1. The summed E-state index contributed by atoms with van der Waals surface area (Å²) in [5.41, 5.74) is 0.976. The minimum atomic E-state index is -0.182. The maximum absolute atomic E-state index is 13.0.